The van der Waals surface area contributed by atoms with Crippen LogP contribution in [0.5, 0.6) is 0 Å². The third-order valence-electron chi connectivity index (χ3n) is 3.62. The Labute approximate surface area is 128 Å². The lowest BCUT2D eigenvalue weighted by atomic mass is 10.2. The van der Waals surface area contributed by atoms with Crippen LogP contribution in [0.1, 0.15) is 23.2 Å². The molecule has 1 aliphatic heterocycles. The van der Waals surface area contributed by atoms with Crippen molar-refractivity contribution < 1.29 is 4.79 Å². The fraction of sp³-hybridized carbons (Fsp3) is 0.571. The van der Waals surface area contributed by atoms with Gasteiger partial charge >= 0.3 is 0 Å². The molecule has 2 heterocycles. The number of likely N-dealkylation sites (N-methyl/N-ethyl adjacent to an activating group) is 1. The molecule has 1 aromatic rings. The molecule has 2 rings (SSSR count). The Hall–Kier alpha value is -1.14. The lowest BCUT2D eigenvalue weighted by molar-refractivity contribution is 0.0783. The number of nitrogens with one attached hydrogen (secondary N) is 1. The van der Waals surface area contributed by atoms with Gasteiger partial charge in [0, 0.05) is 37.9 Å². The van der Waals surface area contributed by atoms with E-state index in [9.17, 15) is 4.79 Å². The quantitative estimate of drug-likeness (QED) is 0.891. The van der Waals surface area contributed by atoms with Crippen molar-refractivity contribution in [3.63, 3.8) is 0 Å². The zero-order valence-corrected chi connectivity index (χ0v) is 13.6. The fourth-order valence-corrected chi connectivity index (χ4v) is 2.74. The highest BCUT2D eigenvalue weighted by atomic mass is 79.9. The van der Waals surface area contributed by atoms with E-state index in [2.05, 4.69) is 31.1 Å². The largest absolute Gasteiger partial charge is 0.372 e. The number of pyridine rings is 1. The normalized spacial score (nSPS) is 15.3. The molecule has 1 N–H and O–H groups in total. The van der Waals surface area contributed by atoms with Gasteiger partial charge in [0.1, 0.15) is 5.82 Å². The fourth-order valence-electron chi connectivity index (χ4n) is 2.41. The van der Waals surface area contributed by atoms with Crippen LogP contribution in [0.3, 0.4) is 0 Å². The molecule has 110 valence electrons. The Morgan fingerprint density at radius 1 is 1.50 bits per heavy atom. The maximum atomic E-state index is 12.5. The van der Waals surface area contributed by atoms with Crippen LogP contribution in [-0.2, 0) is 0 Å². The second kappa shape index (κ2) is 7.04. The van der Waals surface area contributed by atoms with Crippen LogP contribution in [0.15, 0.2) is 16.7 Å². The summed E-state index contributed by atoms with van der Waals surface area (Å²) >= 11 is 3.37. The summed E-state index contributed by atoms with van der Waals surface area (Å²) in [6, 6.07) is 1.81. The van der Waals surface area contributed by atoms with Gasteiger partial charge in [-0.3, -0.25) is 4.79 Å². The van der Waals surface area contributed by atoms with Gasteiger partial charge in [-0.15, -0.1) is 0 Å². The van der Waals surface area contributed by atoms with Crippen LogP contribution in [0.25, 0.3) is 0 Å². The zero-order chi connectivity index (χ0) is 14.5. The number of hydrogen-bond donors (Lipinski definition) is 1. The van der Waals surface area contributed by atoms with Gasteiger partial charge in [0.25, 0.3) is 5.91 Å². The number of carbonyl (C=O) groups is 1. The van der Waals surface area contributed by atoms with Gasteiger partial charge in [0.15, 0.2) is 0 Å². The Balaban J connectivity index is 2.00. The molecule has 0 atom stereocenters. The van der Waals surface area contributed by atoms with Crippen LogP contribution in [0.4, 0.5) is 5.82 Å². The van der Waals surface area contributed by atoms with Crippen LogP contribution >= 0.6 is 15.9 Å². The van der Waals surface area contributed by atoms with Crippen LogP contribution < -0.4 is 5.32 Å². The highest BCUT2D eigenvalue weighted by Gasteiger charge is 2.18. The molecule has 20 heavy (non-hydrogen) atoms. The van der Waals surface area contributed by atoms with Crippen LogP contribution in [0, 0.1) is 0 Å². The molecule has 1 aliphatic rings. The summed E-state index contributed by atoms with van der Waals surface area (Å²) in [5, 5.41) is 2.97. The third-order valence-corrected chi connectivity index (χ3v) is 4.05. The summed E-state index contributed by atoms with van der Waals surface area (Å²) in [6.07, 6.45) is 4.24. The second-order valence-corrected chi connectivity index (χ2v) is 5.99. The number of anilines is 1. The molecule has 0 saturated carbocycles. The Morgan fingerprint density at radius 3 is 2.85 bits per heavy atom. The molecular formula is C14H21BrN4O. The van der Waals surface area contributed by atoms with Gasteiger partial charge in [-0.1, -0.05) is 0 Å². The van der Waals surface area contributed by atoms with E-state index in [0.29, 0.717) is 11.4 Å². The smallest absolute Gasteiger partial charge is 0.257 e. The molecule has 1 aromatic heterocycles. The summed E-state index contributed by atoms with van der Waals surface area (Å²) in [4.78, 5) is 20.9. The maximum Gasteiger partial charge on any atom is 0.257 e. The predicted molar refractivity (Wildman–Crippen MR) is 84.1 cm³/mol. The predicted octanol–water partition coefficient (Wildman–Crippen LogP) is 2.05. The lowest BCUT2D eigenvalue weighted by Crippen LogP contribution is -2.35. The number of hydrogen-bond acceptors (Lipinski definition) is 4. The van der Waals surface area contributed by atoms with E-state index in [1.807, 2.05) is 13.1 Å². The number of likely N-dealkylation sites (tertiary alicyclic amines) is 1. The van der Waals surface area contributed by atoms with E-state index < -0.39 is 0 Å². The standard InChI is InChI=1S/C14H21BrN4O/c1-16-13-12(9-11(15)10-17-13)14(20)18(2)7-8-19-5-3-4-6-19/h9-10H,3-8H2,1-2H3,(H,16,17). The molecule has 0 aromatic carbocycles. The van der Waals surface area contributed by atoms with Crippen LogP contribution in [-0.4, -0.2) is 61.0 Å². The van der Waals surface area contributed by atoms with Crippen molar-refractivity contribution in [2.24, 2.45) is 0 Å². The van der Waals surface area contributed by atoms with Crippen molar-refractivity contribution >= 4 is 27.7 Å². The average Bonchev–Trinajstić information content (AvgIpc) is 2.97. The third kappa shape index (κ3) is 3.70. The first-order valence-electron chi connectivity index (χ1n) is 6.93. The summed E-state index contributed by atoms with van der Waals surface area (Å²) in [5.41, 5.74) is 0.603. The molecule has 0 spiro atoms. The minimum Gasteiger partial charge on any atom is -0.372 e. The first kappa shape index (κ1) is 15.3. The van der Waals surface area contributed by atoms with Crippen LogP contribution in [0.2, 0.25) is 0 Å². The Morgan fingerprint density at radius 2 is 2.20 bits per heavy atom. The topological polar surface area (TPSA) is 48.5 Å². The van der Waals surface area contributed by atoms with Crippen molar-refractivity contribution in [2.75, 3.05) is 45.6 Å². The molecule has 5 nitrogen and oxygen atoms in total. The molecule has 0 unspecified atom stereocenters. The highest BCUT2D eigenvalue weighted by molar-refractivity contribution is 9.10. The van der Waals surface area contributed by atoms with Crippen molar-refractivity contribution in [3.05, 3.63) is 22.3 Å². The number of nitrogens with zero attached hydrogens (tertiary/aromatic N) is 3. The molecule has 0 bridgehead atoms. The van der Waals surface area contributed by atoms with E-state index in [1.54, 1.807) is 18.1 Å². The molecular weight excluding hydrogens is 320 g/mol. The van der Waals surface area contributed by atoms with E-state index >= 15 is 0 Å². The van der Waals surface area contributed by atoms with Crippen molar-refractivity contribution in [1.82, 2.24) is 14.8 Å². The Bertz CT molecular complexity index is 474. The molecule has 1 saturated heterocycles. The summed E-state index contributed by atoms with van der Waals surface area (Å²) in [6.45, 7) is 4.00. The number of amides is 1. The van der Waals surface area contributed by atoms with Crippen molar-refractivity contribution in [3.8, 4) is 0 Å². The molecule has 0 radical (unpaired) electrons. The molecule has 0 aliphatic carbocycles. The molecule has 1 fully saturated rings. The van der Waals surface area contributed by atoms with E-state index in [1.165, 1.54) is 12.8 Å². The first-order chi connectivity index (χ1) is 9.61. The van der Waals surface area contributed by atoms with E-state index in [-0.39, 0.29) is 5.91 Å². The molecule has 6 heteroatoms. The first-order valence-corrected chi connectivity index (χ1v) is 7.72. The van der Waals surface area contributed by atoms with Gasteiger partial charge in [-0.25, -0.2) is 4.98 Å². The van der Waals surface area contributed by atoms with Gasteiger partial charge in [-0.05, 0) is 47.9 Å². The van der Waals surface area contributed by atoms with Gasteiger partial charge in [0.05, 0.1) is 5.56 Å². The van der Waals surface area contributed by atoms with Crippen molar-refractivity contribution in [1.29, 1.82) is 0 Å². The van der Waals surface area contributed by atoms with E-state index in [0.717, 1.165) is 30.7 Å². The number of carbonyl (C=O) groups excluding carboxylic acids is 1. The minimum atomic E-state index is 0.00217. The summed E-state index contributed by atoms with van der Waals surface area (Å²) in [7, 11) is 3.62. The summed E-state index contributed by atoms with van der Waals surface area (Å²) in [5.74, 6) is 0.619. The Kier molecular flexibility index (Phi) is 5.37. The SMILES string of the molecule is CNc1ncc(Br)cc1C(=O)N(C)CCN1CCCC1. The monoisotopic (exact) mass is 340 g/mol. The van der Waals surface area contributed by atoms with Gasteiger partial charge < -0.3 is 15.1 Å². The molecule has 1 amide bonds. The maximum absolute atomic E-state index is 12.5. The average molecular weight is 341 g/mol. The van der Waals surface area contributed by atoms with Crippen molar-refractivity contribution in [2.45, 2.75) is 12.8 Å². The lowest BCUT2D eigenvalue weighted by Gasteiger charge is -2.22. The zero-order valence-electron chi connectivity index (χ0n) is 12.0. The van der Waals surface area contributed by atoms with E-state index in [4.69, 9.17) is 0 Å². The number of rotatable bonds is 5. The van der Waals surface area contributed by atoms with Gasteiger partial charge in [0.2, 0.25) is 0 Å². The minimum absolute atomic E-state index is 0.00217. The number of aromatic nitrogens is 1. The second-order valence-electron chi connectivity index (χ2n) is 5.08. The van der Waals surface area contributed by atoms with Gasteiger partial charge in [-0.2, -0.15) is 0 Å². The highest BCUT2D eigenvalue weighted by Crippen LogP contribution is 2.19. The summed E-state index contributed by atoms with van der Waals surface area (Å²) < 4.78 is 0.813. The number of halogens is 1.